The van der Waals surface area contributed by atoms with Crippen LogP contribution in [0.2, 0.25) is 0 Å². The zero-order valence-electron chi connectivity index (χ0n) is 15.7. The average Bonchev–Trinajstić information content (AvgIpc) is 3.16. The molecule has 0 aromatic carbocycles. The number of anilines is 1. The van der Waals surface area contributed by atoms with Crippen molar-refractivity contribution >= 4 is 16.6 Å². The van der Waals surface area contributed by atoms with Crippen molar-refractivity contribution in [1.29, 1.82) is 0 Å². The van der Waals surface area contributed by atoms with Crippen molar-refractivity contribution in [3.8, 4) is 0 Å². The van der Waals surface area contributed by atoms with Crippen molar-refractivity contribution in [2.45, 2.75) is 32.3 Å². The lowest BCUT2D eigenvalue weighted by Gasteiger charge is -2.15. The molecule has 1 aliphatic heterocycles. The number of hydrogen-bond acceptors (Lipinski definition) is 5. The number of hydrogen-bond donors (Lipinski definition) is 1. The SMILES string of the molecule is Cc1ccnc(Cc2cc3ccn(C)c(=O)c3c(NC[C@H]3CCCO3)n2)c1. The Morgan fingerprint density at radius 1 is 1.30 bits per heavy atom. The van der Waals surface area contributed by atoms with Crippen molar-refractivity contribution in [3.63, 3.8) is 0 Å². The Kier molecular flexibility index (Phi) is 4.90. The summed E-state index contributed by atoms with van der Waals surface area (Å²) >= 11 is 0. The third-order valence-corrected chi connectivity index (χ3v) is 4.97. The number of rotatable bonds is 5. The van der Waals surface area contributed by atoms with Crippen LogP contribution >= 0.6 is 0 Å². The normalized spacial score (nSPS) is 16.7. The van der Waals surface area contributed by atoms with Crippen molar-refractivity contribution in [2.24, 2.45) is 7.05 Å². The zero-order chi connectivity index (χ0) is 18.8. The van der Waals surface area contributed by atoms with E-state index in [1.54, 1.807) is 17.8 Å². The van der Waals surface area contributed by atoms with Crippen LogP contribution in [0.4, 0.5) is 5.82 Å². The Labute approximate surface area is 158 Å². The summed E-state index contributed by atoms with van der Waals surface area (Å²) < 4.78 is 7.28. The number of aryl methyl sites for hydroxylation is 2. The fourth-order valence-electron chi connectivity index (χ4n) is 3.53. The van der Waals surface area contributed by atoms with Crippen LogP contribution in [0.1, 0.15) is 29.8 Å². The van der Waals surface area contributed by atoms with Gasteiger partial charge in [-0.2, -0.15) is 0 Å². The van der Waals surface area contributed by atoms with Crippen LogP contribution in [0.5, 0.6) is 0 Å². The van der Waals surface area contributed by atoms with Gasteiger partial charge in [0.05, 0.1) is 11.5 Å². The topological polar surface area (TPSA) is 69.0 Å². The summed E-state index contributed by atoms with van der Waals surface area (Å²) in [6.07, 6.45) is 6.54. The lowest BCUT2D eigenvalue weighted by molar-refractivity contribution is 0.120. The molecule has 1 saturated heterocycles. The molecular weight excluding hydrogens is 340 g/mol. The third kappa shape index (κ3) is 3.85. The summed E-state index contributed by atoms with van der Waals surface area (Å²) in [6, 6.07) is 7.99. The van der Waals surface area contributed by atoms with Crippen LogP contribution in [0.25, 0.3) is 10.8 Å². The molecule has 1 fully saturated rings. The first-order valence-electron chi connectivity index (χ1n) is 9.36. The molecule has 0 bridgehead atoms. The number of pyridine rings is 3. The fraction of sp³-hybridized carbons (Fsp3) is 0.381. The van der Waals surface area contributed by atoms with Crippen LogP contribution in [0.15, 0.2) is 41.5 Å². The molecule has 3 aromatic rings. The standard InChI is InChI=1S/C21H24N4O2/c1-14-5-7-22-16(10-14)12-17-11-15-6-8-25(2)21(26)19(15)20(24-17)23-13-18-4-3-9-27-18/h5-8,10-11,18H,3-4,9,12-13H2,1-2H3,(H,23,24)/t18-/m1/s1. The second-order valence-corrected chi connectivity index (χ2v) is 7.18. The lowest BCUT2D eigenvalue weighted by Crippen LogP contribution is -2.22. The van der Waals surface area contributed by atoms with Gasteiger partial charge in [0, 0.05) is 50.4 Å². The molecule has 0 radical (unpaired) electrons. The highest BCUT2D eigenvalue weighted by Gasteiger charge is 2.17. The van der Waals surface area contributed by atoms with Gasteiger partial charge in [0.15, 0.2) is 0 Å². The molecule has 0 amide bonds. The summed E-state index contributed by atoms with van der Waals surface area (Å²) in [4.78, 5) is 21.9. The van der Waals surface area contributed by atoms with Crippen LogP contribution in [0.3, 0.4) is 0 Å². The van der Waals surface area contributed by atoms with E-state index in [2.05, 4.69) is 23.3 Å². The van der Waals surface area contributed by atoms with Gasteiger partial charge in [0.1, 0.15) is 5.82 Å². The van der Waals surface area contributed by atoms with E-state index in [0.29, 0.717) is 24.2 Å². The predicted octanol–water partition coefficient (Wildman–Crippen LogP) is 2.82. The van der Waals surface area contributed by atoms with Crippen molar-refractivity contribution in [1.82, 2.24) is 14.5 Å². The largest absolute Gasteiger partial charge is 0.376 e. The van der Waals surface area contributed by atoms with Gasteiger partial charge in [0.2, 0.25) is 0 Å². The minimum atomic E-state index is -0.0462. The molecule has 0 spiro atoms. The van der Waals surface area contributed by atoms with Crippen molar-refractivity contribution in [3.05, 3.63) is 64.0 Å². The zero-order valence-corrected chi connectivity index (χ0v) is 15.7. The first-order valence-corrected chi connectivity index (χ1v) is 9.36. The summed E-state index contributed by atoms with van der Waals surface area (Å²) in [5.74, 6) is 0.631. The molecule has 6 heteroatoms. The van der Waals surface area contributed by atoms with Gasteiger partial charge in [-0.3, -0.25) is 9.78 Å². The van der Waals surface area contributed by atoms with E-state index < -0.39 is 0 Å². The van der Waals surface area contributed by atoms with Crippen molar-refractivity contribution in [2.75, 3.05) is 18.5 Å². The molecule has 0 unspecified atom stereocenters. The highest BCUT2D eigenvalue weighted by molar-refractivity contribution is 5.91. The Morgan fingerprint density at radius 2 is 2.19 bits per heavy atom. The average molecular weight is 364 g/mol. The van der Waals surface area contributed by atoms with E-state index in [0.717, 1.165) is 36.2 Å². The van der Waals surface area contributed by atoms with Gasteiger partial charge in [-0.1, -0.05) is 0 Å². The summed E-state index contributed by atoms with van der Waals surface area (Å²) in [5, 5.41) is 4.88. The van der Waals surface area contributed by atoms with Crippen LogP contribution < -0.4 is 10.9 Å². The summed E-state index contributed by atoms with van der Waals surface area (Å²) in [7, 11) is 1.76. The van der Waals surface area contributed by atoms with E-state index in [1.807, 2.05) is 24.4 Å². The monoisotopic (exact) mass is 364 g/mol. The van der Waals surface area contributed by atoms with Gasteiger partial charge < -0.3 is 14.6 Å². The fourth-order valence-corrected chi connectivity index (χ4v) is 3.53. The van der Waals surface area contributed by atoms with E-state index in [1.165, 1.54) is 5.56 Å². The molecular formula is C21H24N4O2. The van der Waals surface area contributed by atoms with Gasteiger partial charge in [-0.25, -0.2) is 4.98 Å². The number of nitrogens with one attached hydrogen (secondary N) is 1. The highest BCUT2D eigenvalue weighted by atomic mass is 16.5. The van der Waals surface area contributed by atoms with Gasteiger partial charge in [-0.05, 0) is 55.0 Å². The quantitative estimate of drug-likeness (QED) is 0.754. The Bertz CT molecular complexity index is 1020. The van der Waals surface area contributed by atoms with Crippen LogP contribution in [-0.2, 0) is 18.2 Å². The Morgan fingerprint density at radius 3 is 2.96 bits per heavy atom. The molecule has 0 aliphatic carbocycles. The van der Waals surface area contributed by atoms with Crippen LogP contribution in [0, 0.1) is 6.92 Å². The highest BCUT2D eigenvalue weighted by Crippen LogP contribution is 2.22. The van der Waals surface area contributed by atoms with Crippen molar-refractivity contribution < 1.29 is 4.74 Å². The second kappa shape index (κ2) is 7.48. The van der Waals surface area contributed by atoms with Gasteiger partial charge in [0.25, 0.3) is 5.56 Å². The first-order chi connectivity index (χ1) is 13.1. The maximum atomic E-state index is 12.7. The molecule has 1 N–H and O–H groups in total. The molecule has 0 saturated carbocycles. The number of nitrogens with zero attached hydrogens (tertiary/aromatic N) is 3. The molecule has 4 rings (SSSR count). The number of fused-ring (bicyclic) bond motifs is 1. The minimum absolute atomic E-state index is 0.0462. The first kappa shape index (κ1) is 17.7. The number of ether oxygens (including phenoxy) is 1. The number of aromatic nitrogens is 3. The molecule has 4 heterocycles. The molecule has 6 nitrogen and oxygen atoms in total. The van der Waals surface area contributed by atoms with E-state index in [9.17, 15) is 4.79 Å². The molecule has 1 aliphatic rings. The minimum Gasteiger partial charge on any atom is -0.376 e. The Balaban J connectivity index is 1.72. The molecule has 27 heavy (non-hydrogen) atoms. The Hall–Kier alpha value is -2.73. The maximum absolute atomic E-state index is 12.7. The van der Waals surface area contributed by atoms with E-state index >= 15 is 0 Å². The maximum Gasteiger partial charge on any atom is 0.261 e. The van der Waals surface area contributed by atoms with Gasteiger partial charge >= 0.3 is 0 Å². The van der Waals surface area contributed by atoms with Gasteiger partial charge in [-0.15, -0.1) is 0 Å². The van der Waals surface area contributed by atoms with E-state index in [-0.39, 0.29) is 11.7 Å². The predicted molar refractivity (Wildman–Crippen MR) is 106 cm³/mol. The summed E-state index contributed by atoms with van der Waals surface area (Å²) in [5.41, 5.74) is 2.99. The van der Waals surface area contributed by atoms with E-state index in [4.69, 9.17) is 9.72 Å². The molecule has 3 aromatic heterocycles. The second-order valence-electron chi connectivity index (χ2n) is 7.18. The smallest absolute Gasteiger partial charge is 0.261 e. The van der Waals surface area contributed by atoms with Crippen LogP contribution in [-0.4, -0.2) is 33.8 Å². The third-order valence-electron chi connectivity index (χ3n) is 4.97. The molecule has 1 atom stereocenters. The lowest BCUT2D eigenvalue weighted by atomic mass is 10.1. The summed E-state index contributed by atoms with van der Waals surface area (Å²) in [6.45, 7) is 3.52. The molecule has 140 valence electrons.